The molecule has 1 fully saturated rings. The summed E-state index contributed by atoms with van der Waals surface area (Å²) in [5.74, 6) is 0.585. The number of piperidine rings is 1. The molecule has 0 aromatic heterocycles. The molecule has 2 aromatic rings. The molecule has 0 N–H and O–H groups in total. The number of nitrogens with zero attached hydrogens (tertiary/aromatic N) is 2. The van der Waals surface area contributed by atoms with Crippen molar-refractivity contribution >= 4 is 0 Å². The molecule has 1 aliphatic rings. The summed E-state index contributed by atoms with van der Waals surface area (Å²) in [4.78, 5) is 2.55. The lowest BCUT2D eigenvalue weighted by molar-refractivity contribution is 0.0617. The number of hydrogen-bond acceptors (Lipinski definition) is 2. The van der Waals surface area contributed by atoms with Crippen LogP contribution in [0.1, 0.15) is 49.8 Å². The van der Waals surface area contributed by atoms with Crippen molar-refractivity contribution in [3.8, 4) is 6.07 Å². The molecule has 0 spiro atoms. The molecule has 0 amide bonds. The summed E-state index contributed by atoms with van der Waals surface area (Å²) in [6, 6.07) is 22.1. The number of nitriles is 1. The average Bonchev–Trinajstić information content (AvgIpc) is 2.66. The van der Waals surface area contributed by atoms with Gasteiger partial charge in [-0.15, -0.1) is 0 Å². The summed E-state index contributed by atoms with van der Waals surface area (Å²) < 4.78 is 0. The van der Waals surface area contributed by atoms with Crippen LogP contribution in [0.5, 0.6) is 0 Å². The van der Waals surface area contributed by atoms with Crippen molar-refractivity contribution in [2.75, 3.05) is 13.1 Å². The van der Waals surface area contributed by atoms with Gasteiger partial charge in [-0.1, -0.05) is 68.4 Å². The van der Waals surface area contributed by atoms with Gasteiger partial charge in [-0.05, 0) is 60.4 Å². The van der Waals surface area contributed by atoms with Gasteiger partial charge in [-0.3, -0.25) is 4.90 Å². The first-order valence-electron chi connectivity index (χ1n) is 9.82. The van der Waals surface area contributed by atoms with Gasteiger partial charge in [0.25, 0.3) is 0 Å². The molecule has 2 aromatic carbocycles. The van der Waals surface area contributed by atoms with Crippen molar-refractivity contribution in [2.45, 2.75) is 46.1 Å². The van der Waals surface area contributed by atoms with Crippen LogP contribution < -0.4 is 0 Å². The molecule has 0 radical (unpaired) electrons. The van der Waals surface area contributed by atoms with Crippen molar-refractivity contribution < 1.29 is 0 Å². The third kappa shape index (κ3) is 4.54. The van der Waals surface area contributed by atoms with Crippen LogP contribution in [0.4, 0.5) is 0 Å². The largest absolute Gasteiger partial charge is 0.299 e. The van der Waals surface area contributed by atoms with E-state index in [1.165, 1.54) is 16.7 Å². The zero-order valence-corrected chi connectivity index (χ0v) is 16.1. The Morgan fingerprint density at radius 3 is 2.08 bits per heavy atom. The zero-order chi connectivity index (χ0) is 18.4. The van der Waals surface area contributed by atoms with Gasteiger partial charge in [-0.2, -0.15) is 5.26 Å². The summed E-state index contributed by atoms with van der Waals surface area (Å²) in [5.41, 5.74) is 4.34. The zero-order valence-electron chi connectivity index (χ0n) is 16.1. The first-order valence-corrected chi connectivity index (χ1v) is 9.82. The van der Waals surface area contributed by atoms with Gasteiger partial charge in [0.05, 0.1) is 6.07 Å². The third-order valence-corrected chi connectivity index (χ3v) is 6.19. The molecule has 2 heteroatoms. The lowest BCUT2D eigenvalue weighted by Gasteiger charge is -2.43. The van der Waals surface area contributed by atoms with Crippen LogP contribution in [0.3, 0.4) is 0 Å². The van der Waals surface area contributed by atoms with Crippen LogP contribution in [0.2, 0.25) is 0 Å². The van der Waals surface area contributed by atoms with E-state index in [1.54, 1.807) is 0 Å². The smallest absolute Gasteiger partial charge is 0.0627 e. The van der Waals surface area contributed by atoms with E-state index in [0.717, 1.165) is 38.9 Å². The van der Waals surface area contributed by atoms with E-state index in [1.807, 2.05) is 0 Å². The number of benzene rings is 2. The van der Waals surface area contributed by atoms with Crippen LogP contribution in [0.25, 0.3) is 0 Å². The van der Waals surface area contributed by atoms with Crippen LogP contribution in [0, 0.1) is 22.7 Å². The van der Waals surface area contributed by atoms with Gasteiger partial charge in [0, 0.05) is 13.0 Å². The Balaban J connectivity index is 1.55. The monoisotopic (exact) mass is 346 g/mol. The molecule has 136 valence electrons. The first-order chi connectivity index (χ1) is 12.6. The van der Waals surface area contributed by atoms with Crippen molar-refractivity contribution in [3.63, 3.8) is 0 Å². The fraction of sp³-hybridized carbons (Fsp3) is 0.458. The summed E-state index contributed by atoms with van der Waals surface area (Å²) in [6.07, 6.45) is 3.98. The molecule has 3 rings (SSSR count). The van der Waals surface area contributed by atoms with E-state index in [-0.39, 0.29) is 5.41 Å². The number of hydrogen-bond donors (Lipinski definition) is 0. The third-order valence-electron chi connectivity index (χ3n) is 6.19. The maximum atomic E-state index is 9.20. The van der Waals surface area contributed by atoms with Gasteiger partial charge in [0.1, 0.15) is 0 Å². The highest BCUT2D eigenvalue weighted by Crippen LogP contribution is 2.41. The topological polar surface area (TPSA) is 27.0 Å². The maximum Gasteiger partial charge on any atom is 0.0627 e. The lowest BCUT2D eigenvalue weighted by Crippen LogP contribution is -2.42. The highest BCUT2D eigenvalue weighted by Gasteiger charge is 2.37. The Hall–Kier alpha value is -2.11. The van der Waals surface area contributed by atoms with E-state index in [0.29, 0.717) is 12.3 Å². The molecule has 1 heterocycles. The molecule has 0 aliphatic carbocycles. The van der Waals surface area contributed by atoms with Crippen molar-refractivity contribution in [2.24, 2.45) is 11.3 Å². The first kappa shape index (κ1) is 18.7. The SMILES string of the molecule is CC(C)C1(CC#N)CCN(Cc2ccc(Cc3ccccc3)cc2)CC1. The summed E-state index contributed by atoms with van der Waals surface area (Å²) in [5, 5.41) is 9.20. The average molecular weight is 347 g/mol. The van der Waals surface area contributed by atoms with Gasteiger partial charge < -0.3 is 0 Å². The van der Waals surface area contributed by atoms with Gasteiger partial charge >= 0.3 is 0 Å². The quantitative estimate of drug-likeness (QED) is 0.697. The fourth-order valence-corrected chi connectivity index (χ4v) is 4.12. The summed E-state index contributed by atoms with van der Waals surface area (Å²) in [7, 11) is 0. The number of rotatable bonds is 6. The predicted octanol–water partition coefficient (Wildman–Crippen LogP) is 5.43. The fourth-order valence-electron chi connectivity index (χ4n) is 4.12. The summed E-state index contributed by atoms with van der Waals surface area (Å²) in [6.45, 7) is 7.78. The second-order valence-electron chi connectivity index (χ2n) is 8.11. The number of likely N-dealkylation sites (tertiary alicyclic amines) is 1. The van der Waals surface area contributed by atoms with Gasteiger partial charge in [-0.25, -0.2) is 0 Å². The lowest BCUT2D eigenvalue weighted by atomic mass is 9.68. The van der Waals surface area contributed by atoms with Crippen molar-refractivity contribution in [1.82, 2.24) is 4.90 Å². The Bertz CT molecular complexity index is 717. The van der Waals surface area contributed by atoms with Crippen molar-refractivity contribution in [1.29, 1.82) is 5.26 Å². The molecule has 0 unspecified atom stereocenters. The van der Waals surface area contributed by atoms with E-state index in [2.05, 4.69) is 79.4 Å². The van der Waals surface area contributed by atoms with E-state index in [4.69, 9.17) is 0 Å². The van der Waals surface area contributed by atoms with Gasteiger partial charge in [0.15, 0.2) is 0 Å². The molecule has 0 bridgehead atoms. The minimum absolute atomic E-state index is 0.227. The summed E-state index contributed by atoms with van der Waals surface area (Å²) >= 11 is 0. The molecular weight excluding hydrogens is 316 g/mol. The van der Waals surface area contributed by atoms with E-state index >= 15 is 0 Å². The Labute approximate surface area is 158 Å². The van der Waals surface area contributed by atoms with Crippen LogP contribution >= 0.6 is 0 Å². The molecule has 2 nitrogen and oxygen atoms in total. The highest BCUT2D eigenvalue weighted by molar-refractivity contribution is 5.28. The molecule has 0 saturated carbocycles. The Kier molecular flexibility index (Phi) is 6.12. The second-order valence-corrected chi connectivity index (χ2v) is 8.11. The van der Waals surface area contributed by atoms with E-state index in [9.17, 15) is 5.26 Å². The minimum atomic E-state index is 0.227. The van der Waals surface area contributed by atoms with Crippen LogP contribution in [-0.2, 0) is 13.0 Å². The Morgan fingerprint density at radius 1 is 0.923 bits per heavy atom. The van der Waals surface area contributed by atoms with Gasteiger partial charge in [0.2, 0.25) is 0 Å². The molecule has 1 saturated heterocycles. The predicted molar refractivity (Wildman–Crippen MR) is 108 cm³/mol. The highest BCUT2D eigenvalue weighted by atomic mass is 15.1. The normalized spacial score (nSPS) is 17.2. The van der Waals surface area contributed by atoms with Crippen molar-refractivity contribution in [3.05, 3.63) is 71.3 Å². The molecule has 26 heavy (non-hydrogen) atoms. The Morgan fingerprint density at radius 2 is 1.50 bits per heavy atom. The second kappa shape index (κ2) is 8.52. The molecule has 0 atom stereocenters. The standard InChI is InChI=1S/C24H30N2/c1-20(2)24(12-15-25)13-16-26(17-14-24)19-23-10-8-22(9-11-23)18-21-6-4-3-5-7-21/h3-11,20H,12-14,16-19H2,1-2H3. The van der Waals surface area contributed by atoms with Crippen LogP contribution in [0.15, 0.2) is 54.6 Å². The maximum absolute atomic E-state index is 9.20. The minimum Gasteiger partial charge on any atom is -0.299 e. The molecular formula is C24H30N2. The van der Waals surface area contributed by atoms with Crippen LogP contribution in [-0.4, -0.2) is 18.0 Å². The van der Waals surface area contributed by atoms with E-state index < -0.39 is 0 Å². The molecule has 1 aliphatic heterocycles.